The van der Waals surface area contributed by atoms with Crippen molar-refractivity contribution in [1.29, 1.82) is 0 Å². The molecule has 1 aliphatic carbocycles. The van der Waals surface area contributed by atoms with Gasteiger partial charge in [0.1, 0.15) is 5.82 Å². The van der Waals surface area contributed by atoms with Crippen LogP contribution >= 0.6 is 0 Å². The Morgan fingerprint density at radius 3 is 2.29 bits per heavy atom. The van der Waals surface area contributed by atoms with E-state index in [2.05, 4.69) is 32.5 Å². The Morgan fingerprint density at radius 1 is 1.03 bits per heavy atom. The highest BCUT2D eigenvalue weighted by Crippen LogP contribution is 2.26. The van der Waals surface area contributed by atoms with Gasteiger partial charge in [0, 0.05) is 43.5 Å². The Morgan fingerprint density at radius 2 is 1.69 bits per heavy atom. The van der Waals surface area contributed by atoms with Crippen LogP contribution in [0.25, 0.3) is 0 Å². The number of nitrogens with zero attached hydrogens (tertiary/aromatic N) is 4. The van der Waals surface area contributed by atoms with Gasteiger partial charge in [0.2, 0.25) is 0 Å². The number of primary amides is 1. The summed E-state index contributed by atoms with van der Waals surface area (Å²) in [6.07, 6.45) is 3.52. The molecule has 5 N–H and O–H groups in total. The molecule has 188 valence electrons. The third-order valence-corrected chi connectivity index (χ3v) is 6.76. The number of aliphatic hydroxyl groups is 1. The number of benzene rings is 1. The second kappa shape index (κ2) is 11.0. The fraction of sp³-hybridized carbons (Fsp3) is 0.520. The lowest BCUT2D eigenvalue weighted by molar-refractivity contribution is 0.0664. The van der Waals surface area contributed by atoms with Gasteiger partial charge in [-0.1, -0.05) is 6.92 Å². The number of likely N-dealkylation sites (N-methyl/N-ethyl adjacent to an activating group) is 1. The molecule has 2 amide bonds. The molecule has 10 nitrogen and oxygen atoms in total. The Labute approximate surface area is 205 Å². The number of aromatic nitrogens is 2. The minimum atomic E-state index is -0.663. The van der Waals surface area contributed by atoms with E-state index in [-0.39, 0.29) is 29.6 Å². The highest BCUT2D eigenvalue weighted by atomic mass is 16.3. The van der Waals surface area contributed by atoms with Crippen molar-refractivity contribution in [3.05, 3.63) is 41.2 Å². The minimum absolute atomic E-state index is 0.0126. The Bertz CT molecular complexity index is 1040. The van der Waals surface area contributed by atoms with Crippen LogP contribution in [0, 0.1) is 0 Å². The zero-order chi connectivity index (χ0) is 24.9. The topological polar surface area (TPSA) is 137 Å². The number of carbonyl (C=O) groups excluding carboxylic acids is 2. The normalized spacial score (nSPS) is 20.9. The van der Waals surface area contributed by atoms with Crippen LogP contribution in [0.5, 0.6) is 0 Å². The maximum atomic E-state index is 12.8. The van der Waals surface area contributed by atoms with Crippen molar-refractivity contribution in [2.45, 2.75) is 51.2 Å². The second-order valence-electron chi connectivity index (χ2n) is 9.38. The number of hydrogen-bond donors (Lipinski definition) is 4. The second-order valence-corrected chi connectivity index (χ2v) is 9.38. The van der Waals surface area contributed by atoms with Crippen molar-refractivity contribution in [3.63, 3.8) is 0 Å². The molecule has 1 saturated carbocycles. The summed E-state index contributed by atoms with van der Waals surface area (Å²) in [7, 11) is 2.05. The zero-order valence-electron chi connectivity index (χ0n) is 20.5. The molecule has 0 bridgehead atoms. The van der Waals surface area contributed by atoms with E-state index in [9.17, 15) is 14.7 Å². The summed E-state index contributed by atoms with van der Waals surface area (Å²) in [5.41, 5.74) is 7.65. The molecule has 1 aromatic heterocycles. The van der Waals surface area contributed by atoms with E-state index in [0.717, 1.165) is 38.8 Å². The fourth-order valence-electron chi connectivity index (χ4n) is 4.53. The molecule has 35 heavy (non-hydrogen) atoms. The first-order valence-electron chi connectivity index (χ1n) is 12.3. The van der Waals surface area contributed by atoms with E-state index in [0.29, 0.717) is 42.3 Å². The summed E-state index contributed by atoms with van der Waals surface area (Å²) >= 11 is 0. The summed E-state index contributed by atoms with van der Waals surface area (Å²) in [5.74, 6) is 0.233. The monoisotopic (exact) mass is 481 g/mol. The number of aliphatic hydroxyl groups excluding tert-OH is 1. The minimum Gasteiger partial charge on any atom is -0.393 e. The fourth-order valence-corrected chi connectivity index (χ4v) is 4.53. The van der Waals surface area contributed by atoms with Gasteiger partial charge in [-0.15, -0.1) is 0 Å². The van der Waals surface area contributed by atoms with Crippen molar-refractivity contribution in [2.24, 2.45) is 5.73 Å². The highest BCUT2D eigenvalue weighted by molar-refractivity contribution is 5.97. The maximum absolute atomic E-state index is 12.8. The number of nitrogens with one attached hydrogen (secondary N) is 2. The lowest BCUT2D eigenvalue weighted by atomic mass is 9.93. The van der Waals surface area contributed by atoms with Crippen LogP contribution in [0.15, 0.2) is 24.3 Å². The van der Waals surface area contributed by atoms with E-state index in [1.165, 1.54) is 0 Å². The number of anilines is 3. The third-order valence-electron chi connectivity index (χ3n) is 6.76. The average Bonchev–Trinajstić information content (AvgIpc) is 2.86. The summed E-state index contributed by atoms with van der Waals surface area (Å²) in [6, 6.07) is 7.31. The molecule has 10 heteroatoms. The lowest BCUT2D eigenvalue weighted by Crippen LogP contribution is -2.47. The van der Waals surface area contributed by atoms with Crippen LogP contribution in [0.1, 0.15) is 59.1 Å². The van der Waals surface area contributed by atoms with E-state index in [4.69, 9.17) is 5.73 Å². The van der Waals surface area contributed by atoms with Gasteiger partial charge in [-0.25, -0.2) is 9.97 Å². The first kappa shape index (κ1) is 24.9. The molecule has 0 atom stereocenters. The van der Waals surface area contributed by atoms with E-state index in [1.807, 2.05) is 11.8 Å². The molecular formula is C25H35N7O3. The van der Waals surface area contributed by atoms with Crippen molar-refractivity contribution >= 4 is 29.1 Å². The largest absolute Gasteiger partial charge is 0.393 e. The molecule has 1 aromatic carbocycles. The molecule has 2 aliphatic rings. The summed E-state index contributed by atoms with van der Waals surface area (Å²) in [4.78, 5) is 38.2. The number of rotatable bonds is 7. The molecule has 2 heterocycles. The number of aryl methyl sites for hydroxylation is 1. The summed E-state index contributed by atoms with van der Waals surface area (Å²) in [5, 5.41) is 16.4. The lowest BCUT2D eigenvalue weighted by Gasteiger charge is -2.32. The Kier molecular flexibility index (Phi) is 7.82. The smallest absolute Gasteiger partial charge is 0.271 e. The third kappa shape index (κ3) is 6.07. The van der Waals surface area contributed by atoms with Crippen LogP contribution in [0.3, 0.4) is 0 Å². The summed E-state index contributed by atoms with van der Waals surface area (Å²) < 4.78 is 0. The predicted octanol–water partition coefficient (Wildman–Crippen LogP) is 1.98. The van der Waals surface area contributed by atoms with E-state index >= 15 is 0 Å². The molecule has 2 fully saturated rings. The Hall–Kier alpha value is -3.24. The van der Waals surface area contributed by atoms with Crippen LogP contribution in [-0.4, -0.2) is 82.1 Å². The zero-order valence-corrected chi connectivity index (χ0v) is 20.5. The quantitative estimate of drug-likeness (QED) is 0.471. The van der Waals surface area contributed by atoms with Crippen molar-refractivity contribution < 1.29 is 14.7 Å². The predicted molar refractivity (Wildman–Crippen MR) is 135 cm³/mol. The van der Waals surface area contributed by atoms with Crippen LogP contribution in [-0.2, 0) is 6.42 Å². The standard InChI is InChI=1S/C25H35N7O3/c1-3-20-23(27-18-8-10-19(33)11-9-18)30-24(21(29-20)22(26)34)28-17-6-4-16(5-7-17)25(35)32-14-12-31(2)13-15-32/h4-7,18-19,33H,3,8-15H2,1-2H3,(H2,26,34)(H2,27,28,30)/t18-,19-. The van der Waals surface area contributed by atoms with Crippen LogP contribution in [0.4, 0.5) is 17.3 Å². The maximum Gasteiger partial charge on any atom is 0.271 e. The number of carbonyl (C=O) groups is 2. The van der Waals surface area contributed by atoms with E-state index in [1.54, 1.807) is 24.3 Å². The van der Waals surface area contributed by atoms with Crippen molar-refractivity contribution in [1.82, 2.24) is 19.8 Å². The van der Waals surface area contributed by atoms with Gasteiger partial charge in [-0.05, 0) is 63.4 Å². The molecule has 0 unspecified atom stereocenters. The van der Waals surface area contributed by atoms with Gasteiger partial charge in [-0.2, -0.15) is 0 Å². The first-order chi connectivity index (χ1) is 16.8. The molecule has 2 aromatic rings. The number of amides is 2. The van der Waals surface area contributed by atoms with Gasteiger partial charge in [0.25, 0.3) is 11.8 Å². The molecular weight excluding hydrogens is 446 g/mol. The average molecular weight is 482 g/mol. The van der Waals surface area contributed by atoms with Gasteiger partial charge in [-0.3, -0.25) is 9.59 Å². The molecule has 0 spiro atoms. The van der Waals surface area contributed by atoms with E-state index < -0.39 is 5.91 Å². The number of hydrogen-bond acceptors (Lipinski definition) is 8. The number of piperazine rings is 1. The van der Waals surface area contributed by atoms with Gasteiger partial charge in [0.05, 0.1) is 11.8 Å². The molecule has 0 radical (unpaired) electrons. The highest BCUT2D eigenvalue weighted by Gasteiger charge is 2.23. The van der Waals surface area contributed by atoms with Crippen LogP contribution in [0.2, 0.25) is 0 Å². The van der Waals surface area contributed by atoms with Crippen LogP contribution < -0.4 is 16.4 Å². The SMILES string of the molecule is CCc1nc(C(N)=O)c(Nc2ccc(C(=O)N3CCN(C)CC3)cc2)nc1N[C@H]1CC[C@H](O)CC1. The Balaban J connectivity index is 1.52. The first-order valence-corrected chi connectivity index (χ1v) is 12.3. The molecule has 1 saturated heterocycles. The van der Waals surface area contributed by atoms with Crippen molar-refractivity contribution in [2.75, 3.05) is 43.9 Å². The number of nitrogens with two attached hydrogens (primary N) is 1. The molecule has 1 aliphatic heterocycles. The molecule has 4 rings (SSSR count). The van der Waals surface area contributed by atoms with Gasteiger partial charge in [0.15, 0.2) is 11.5 Å². The van der Waals surface area contributed by atoms with Gasteiger partial charge < -0.3 is 31.3 Å². The summed E-state index contributed by atoms with van der Waals surface area (Å²) in [6.45, 7) is 5.11. The van der Waals surface area contributed by atoms with Gasteiger partial charge >= 0.3 is 0 Å². The van der Waals surface area contributed by atoms with Crippen molar-refractivity contribution in [3.8, 4) is 0 Å².